The number of hydrogen-bond acceptors (Lipinski definition) is 3. The van der Waals surface area contributed by atoms with Gasteiger partial charge in [-0.1, -0.05) is 24.3 Å². The standard InChI is InChI=1S/C15H17N3O/c16-18(9-4-10-19)14-8-3-7-13-15(14)11-5-1-2-6-12(11)17-13/h1-3,5-8,17,19H,4,9-10,16H2. The van der Waals surface area contributed by atoms with Crippen molar-refractivity contribution in [1.82, 2.24) is 4.98 Å². The van der Waals surface area contributed by atoms with Crippen molar-refractivity contribution >= 4 is 27.5 Å². The lowest BCUT2D eigenvalue weighted by atomic mass is 10.1. The summed E-state index contributed by atoms with van der Waals surface area (Å²) in [4.78, 5) is 3.40. The van der Waals surface area contributed by atoms with Gasteiger partial charge < -0.3 is 15.1 Å². The summed E-state index contributed by atoms with van der Waals surface area (Å²) in [5, 5.41) is 12.9. The second kappa shape index (κ2) is 4.91. The molecular formula is C15H17N3O. The van der Waals surface area contributed by atoms with Crippen molar-refractivity contribution < 1.29 is 5.11 Å². The van der Waals surface area contributed by atoms with E-state index in [1.54, 1.807) is 5.01 Å². The minimum absolute atomic E-state index is 0.150. The van der Waals surface area contributed by atoms with E-state index in [1.807, 2.05) is 24.3 Å². The predicted octanol–water partition coefficient (Wildman–Crippen LogP) is 2.38. The summed E-state index contributed by atoms with van der Waals surface area (Å²) >= 11 is 0. The Morgan fingerprint density at radius 3 is 2.68 bits per heavy atom. The minimum Gasteiger partial charge on any atom is -0.396 e. The maximum atomic E-state index is 8.92. The Balaban J connectivity index is 2.18. The zero-order valence-electron chi connectivity index (χ0n) is 10.6. The maximum absolute atomic E-state index is 8.92. The van der Waals surface area contributed by atoms with Crippen LogP contribution < -0.4 is 10.9 Å². The molecule has 0 aliphatic heterocycles. The fourth-order valence-corrected chi connectivity index (χ4v) is 2.48. The molecule has 4 heteroatoms. The molecule has 19 heavy (non-hydrogen) atoms. The summed E-state index contributed by atoms with van der Waals surface area (Å²) in [7, 11) is 0. The molecule has 0 saturated carbocycles. The van der Waals surface area contributed by atoms with Crippen molar-refractivity contribution in [2.75, 3.05) is 18.2 Å². The van der Waals surface area contributed by atoms with Crippen LogP contribution in [0.15, 0.2) is 42.5 Å². The number of nitrogens with zero attached hydrogens (tertiary/aromatic N) is 1. The summed E-state index contributed by atoms with van der Waals surface area (Å²) in [5.41, 5.74) is 3.18. The van der Waals surface area contributed by atoms with E-state index in [0.29, 0.717) is 13.0 Å². The van der Waals surface area contributed by atoms with Crippen LogP contribution in [0.3, 0.4) is 0 Å². The number of nitrogens with one attached hydrogen (secondary N) is 1. The molecular weight excluding hydrogens is 238 g/mol. The van der Waals surface area contributed by atoms with Gasteiger partial charge in [-0.15, -0.1) is 0 Å². The number of fused-ring (bicyclic) bond motifs is 3. The van der Waals surface area contributed by atoms with Crippen molar-refractivity contribution in [1.29, 1.82) is 0 Å². The van der Waals surface area contributed by atoms with Crippen LogP contribution >= 0.6 is 0 Å². The Labute approximate surface area is 111 Å². The molecule has 0 radical (unpaired) electrons. The van der Waals surface area contributed by atoms with Crippen molar-refractivity contribution in [2.24, 2.45) is 5.84 Å². The first-order chi connectivity index (χ1) is 9.31. The number of rotatable bonds is 4. The van der Waals surface area contributed by atoms with Crippen molar-refractivity contribution in [3.8, 4) is 0 Å². The number of anilines is 1. The lowest BCUT2D eigenvalue weighted by Crippen LogP contribution is -2.32. The van der Waals surface area contributed by atoms with Gasteiger partial charge in [0.1, 0.15) is 0 Å². The lowest BCUT2D eigenvalue weighted by molar-refractivity contribution is 0.289. The van der Waals surface area contributed by atoms with Crippen LogP contribution in [0.1, 0.15) is 6.42 Å². The van der Waals surface area contributed by atoms with Gasteiger partial charge in [-0.3, -0.25) is 0 Å². The molecule has 0 spiro atoms. The summed E-state index contributed by atoms with van der Waals surface area (Å²) in [6.07, 6.45) is 0.662. The quantitative estimate of drug-likeness (QED) is 0.495. The number of aromatic amines is 1. The third-order valence-corrected chi connectivity index (χ3v) is 3.37. The Morgan fingerprint density at radius 2 is 1.84 bits per heavy atom. The molecule has 0 aliphatic rings. The summed E-state index contributed by atoms with van der Waals surface area (Å²) in [5.74, 6) is 6.11. The van der Waals surface area contributed by atoms with Crippen molar-refractivity contribution in [3.63, 3.8) is 0 Å². The second-order valence-corrected chi connectivity index (χ2v) is 4.64. The normalized spacial score (nSPS) is 11.3. The molecule has 2 aromatic carbocycles. The van der Waals surface area contributed by atoms with E-state index < -0.39 is 0 Å². The molecule has 0 amide bonds. The predicted molar refractivity (Wildman–Crippen MR) is 79.0 cm³/mol. The summed E-state index contributed by atoms with van der Waals surface area (Å²) < 4.78 is 0. The van der Waals surface area contributed by atoms with Crippen LogP contribution in [0, 0.1) is 0 Å². The average Bonchev–Trinajstić information content (AvgIpc) is 2.83. The van der Waals surface area contributed by atoms with E-state index >= 15 is 0 Å². The highest BCUT2D eigenvalue weighted by Crippen LogP contribution is 2.32. The van der Waals surface area contributed by atoms with E-state index in [9.17, 15) is 0 Å². The lowest BCUT2D eigenvalue weighted by Gasteiger charge is -2.19. The average molecular weight is 255 g/mol. The van der Waals surface area contributed by atoms with E-state index in [4.69, 9.17) is 10.9 Å². The molecule has 0 bridgehead atoms. The van der Waals surface area contributed by atoms with Gasteiger partial charge >= 0.3 is 0 Å². The van der Waals surface area contributed by atoms with Crippen LogP contribution in [0.2, 0.25) is 0 Å². The van der Waals surface area contributed by atoms with Gasteiger partial charge in [-0.05, 0) is 24.6 Å². The van der Waals surface area contributed by atoms with Crippen LogP contribution in [-0.2, 0) is 0 Å². The van der Waals surface area contributed by atoms with Crippen LogP contribution in [0.4, 0.5) is 5.69 Å². The fourth-order valence-electron chi connectivity index (χ4n) is 2.48. The number of benzene rings is 2. The Hall–Kier alpha value is -2.04. The zero-order chi connectivity index (χ0) is 13.2. The van der Waals surface area contributed by atoms with Gasteiger partial charge in [0.05, 0.1) is 5.69 Å². The first-order valence-electron chi connectivity index (χ1n) is 6.44. The SMILES string of the molecule is NN(CCCO)c1cccc2[nH]c3ccccc3c12. The van der Waals surface area contributed by atoms with Crippen molar-refractivity contribution in [2.45, 2.75) is 6.42 Å². The van der Waals surface area contributed by atoms with E-state index in [0.717, 1.165) is 22.1 Å². The molecule has 3 aromatic rings. The summed E-state index contributed by atoms with van der Waals surface area (Å²) in [6, 6.07) is 14.3. The zero-order valence-corrected chi connectivity index (χ0v) is 10.6. The minimum atomic E-state index is 0.150. The van der Waals surface area contributed by atoms with Gasteiger partial charge in [-0.25, -0.2) is 5.84 Å². The third-order valence-electron chi connectivity index (χ3n) is 3.37. The molecule has 1 aromatic heterocycles. The van der Waals surface area contributed by atoms with E-state index in [2.05, 4.69) is 23.2 Å². The highest BCUT2D eigenvalue weighted by atomic mass is 16.3. The first-order valence-corrected chi connectivity index (χ1v) is 6.44. The molecule has 4 nitrogen and oxygen atoms in total. The van der Waals surface area contributed by atoms with E-state index in [1.165, 1.54) is 5.39 Å². The van der Waals surface area contributed by atoms with Gasteiger partial charge in [0.25, 0.3) is 0 Å². The smallest absolute Gasteiger partial charge is 0.0617 e. The third kappa shape index (κ3) is 2.05. The molecule has 4 N–H and O–H groups in total. The first kappa shape index (κ1) is 12.0. The van der Waals surface area contributed by atoms with E-state index in [-0.39, 0.29) is 6.61 Å². The van der Waals surface area contributed by atoms with Crippen LogP contribution in [-0.4, -0.2) is 23.2 Å². The van der Waals surface area contributed by atoms with Gasteiger partial charge in [0, 0.05) is 35.0 Å². The molecule has 98 valence electrons. The molecule has 3 rings (SSSR count). The molecule has 0 atom stereocenters. The molecule has 0 saturated heterocycles. The Morgan fingerprint density at radius 1 is 1.05 bits per heavy atom. The highest BCUT2D eigenvalue weighted by molar-refractivity contribution is 6.13. The number of aromatic nitrogens is 1. The number of aliphatic hydroxyl groups is 1. The monoisotopic (exact) mass is 255 g/mol. The number of hydrazine groups is 1. The molecule has 1 heterocycles. The van der Waals surface area contributed by atoms with Crippen LogP contribution in [0.5, 0.6) is 0 Å². The number of H-pyrrole nitrogens is 1. The largest absolute Gasteiger partial charge is 0.396 e. The Bertz CT molecular complexity index is 705. The number of para-hydroxylation sites is 1. The number of aliphatic hydroxyl groups excluding tert-OH is 1. The fraction of sp³-hybridized carbons (Fsp3) is 0.200. The second-order valence-electron chi connectivity index (χ2n) is 4.64. The maximum Gasteiger partial charge on any atom is 0.0617 e. The molecule has 0 aliphatic carbocycles. The Kier molecular flexibility index (Phi) is 3.11. The number of hydrogen-bond donors (Lipinski definition) is 3. The van der Waals surface area contributed by atoms with Crippen molar-refractivity contribution in [3.05, 3.63) is 42.5 Å². The van der Waals surface area contributed by atoms with Gasteiger partial charge in [0.15, 0.2) is 0 Å². The molecule has 0 unspecified atom stereocenters. The highest BCUT2D eigenvalue weighted by Gasteiger charge is 2.11. The number of nitrogens with two attached hydrogens (primary N) is 1. The van der Waals surface area contributed by atoms with Crippen LogP contribution in [0.25, 0.3) is 21.8 Å². The molecule has 0 fully saturated rings. The summed E-state index contributed by atoms with van der Waals surface area (Å²) in [6.45, 7) is 0.784. The topological polar surface area (TPSA) is 65.3 Å². The van der Waals surface area contributed by atoms with Gasteiger partial charge in [0.2, 0.25) is 0 Å². The van der Waals surface area contributed by atoms with Gasteiger partial charge in [-0.2, -0.15) is 0 Å².